The van der Waals surface area contributed by atoms with Crippen LogP contribution in [-0.2, 0) is 24.4 Å². The number of carbonyl (C=O) groups is 1. The summed E-state index contributed by atoms with van der Waals surface area (Å²) in [5.74, 6) is -3.45. The van der Waals surface area contributed by atoms with E-state index in [1.807, 2.05) is 0 Å². The first-order valence-corrected chi connectivity index (χ1v) is 11.7. The Balaban J connectivity index is 1.90. The summed E-state index contributed by atoms with van der Waals surface area (Å²) in [5, 5.41) is 4.84. The zero-order valence-electron chi connectivity index (χ0n) is 18.2. The van der Waals surface area contributed by atoms with Gasteiger partial charge in [0, 0.05) is 0 Å². The fourth-order valence-corrected chi connectivity index (χ4v) is 5.03. The van der Waals surface area contributed by atoms with E-state index in [-0.39, 0.29) is 25.2 Å². The summed E-state index contributed by atoms with van der Waals surface area (Å²) < 4.78 is 143. The molecule has 0 heterocycles. The van der Waals surface area contributed by atoms with Crippen molar-refractivity contribution >= 4 is 16.1 Å². The van der Waals surface area contributed by atoms with E-state index < -0.39 is 88.4 Å². The maximum absolute atomic E-state index is 13.1. The minimum atomic E-state index is -5.90. The molecule has 0 amide bonds. The van der Waals surface area contributed by atoms with E-state index in [0.717, 1.165) is 0 Å². The van der Waals surface area contributed by atoms with Crippen molar-refractivity contribution in [2.24, 2.45) is 23.7 Å². The van der Waals surface area contributed by atoms with E-state index in [2.05, 4.69) is 11.3 Å². The number of hydrogen-bond donors (Lipinski definition) is 2. The maximum atomic E-state index is 13.1. The summed E-state index contributed by atoms with van der Waals surface area (Å²) in [7, 11) is -5.73. The summed E-state index contributed by atoms with van der Waals surface area (Å²) in [6, 6.07) is 0. The van der Waals surface area contributed by atoms with Crippen LogP contribution in [0, 0.1) is 23.7 Å². The van der Waals surface area contributed by atoms with Crippen molar-refractivity contribution in [2.75, 3.05) is 13.2 Å². The van der Waals surface area contributed by atoms with E-state index >= 15 is 0 Å². The first-order valence-electron chi connectivity index (χ1n) is 10.3. The summed E-state index contributed by atoms with van der Waals surface area (Å²) in [6.07, 6.45) is -13.8. The molecule has 2 fully saturated rings. The molecule has 5 unspecified atom stereocenters. The lowest BCUT2D eigenvalue weighted by atomic mass is 9.75. The van der Waals surface area contributed by atoms with Crippen LogP contribution in [0.25, 0.3) is 0 Å². The number of fused-ring (bicyclic) bond motifs is 2. The topological polar surface area (TPSA) is 110 Å². The molecule has 2 N–H and O–H groups in total. The van der Waals surface area contributed by atoms with E-state index in [1.54, 1.807) is 0 Å². The lowest BCUT2D eigenvalue weighted by molar-refractivity contribution is -0.373. The van der Waals surface area contributed by atoms with Crippen molar-refractivity contribution in [1.29, 1.82) is 0 Å². The highest BCUT2D eigenvalue weighted by Gasteiger charge is 2.71. The highest BCUT2D eigenvalue weighted by molar-refractivity contribution is 7.86. The van der Waals surface area contributed by atoms with Crippen LogP contribution in [0.3, 0.4) is 0 Å². The fraction of sp³-hybridized carbons (Fsp3) is 0.842. The third-order valence-electron chi connectivity index (χ3n) is 6.66. The van der Waals surface area contributed by atoms with Crippen LogP contribution in [0.4, 0.5) is 35.1 Å². The van der Waals surface area contributed by atoms with E-state index in [1.165, 1.54) is 6.92 Å². The Bertz CT molecular complexity index is 901. The molecule has 0 aliphatic heterocycles. The number of carbonyl (C=O) groups excluding carboxylic acids is 1. The average molecular weight is 548 g/mol. The molecule has 0 aromatic carbocycles. The largest absolute Gasteiger partial charge is 0.459 e. The monoisotopic (exact) mass is 548 g/mol. The molecule has 2 saturated carbocycles. The first kappa shape index (κ1) is 29.7. The average Bonchev–Trinajstić information content (AvgIpc) is 3.25. The molecule has 0 spiro atoms. The van der Waals surface area contributed by atoms with Gasteiger partial charge in [-0.15, -0.1) is 0 Å². The van der Waals surface area contributed by atoms with Gasteiger partial charge < -0.3 is 14.6 Å². The van der Waals surface area contributed by atoms with Crippen molar-refractivity contribution in [3.63, 3.8) is 0 Å². The second-order valence-corrected chi connectivity index (χ2v) is 10.6. The summed E-state index contributed by atoms with van der Waals surface area (Å²) >= 11 is 0. The number of ether oxygens (including phenoxy) is 2. The quantitative estimate of drug-likeness (QED) is 0.185. The van der Waals surface area contributed by atoms with Crippen molar-refractivity contribution in [3.05, 3.63) is 12.2 Å². The number of alkyl halides is 8. The van der Waals surface area contributed by atoms with Crippen LogP contribution >= 0.6 is 0 Å². The Labute approximate surface area is 195 Å². The first-order chi connectivity index (χ1) is 15.6. The van der Waals surface area contributed by atoms with Crippen LogP contribution in [-0.4, -0.2) is 66.6 Å². The SMILES string of the molecule is C=C(COCC(F)(F)S(=O)(=O)O)C(=O)OC(C)C1CC2CC1CC2CC(O)(C(F)(F)F)C(F)(F)F. The Hall–Kier alpha value is -1.52. The molecule has 2 aliphatic rings. The molecule has 0 aromatic rings. The molecule has 7 nitrogen and oxygen atoms in total. The molecule has 35 heavy (non-hydrogen) atoms. The van der Waals surface area contributed by atoms with Gasteiger partial charge in [-0.05, 0) is 56.3 Å². The molecule has 0 aromatic heterocycles. The second kappa shape index (κ2) is 9.74. The number of aliphatic hydroxyl groups is 1. The Morgan fingerprint density at radius 3 is 2.00 bits per heavy atom. The molecule has 5 atom stereocenters. The molecule has 0 saturated heterocycles. The van der Waals surface area contributed by atoms with Gasteiger partial charge in [0.15, 0.2) is 0 Å². The zero-order chi connectivity index (χ0) is 27.2. The van der Waals surface area contributed by atoms with Crippen molar-refractivity contribution in [2.45, 2.75) is 61.9 Å². The minimum Gasteiger partial charge on any atom is -0.459 e. The maximum Gasteiger partial charge on any atom is 0.426 e. The molecule has 2 aliphatic carbocycles. The third-order valence-corrected chi connectivity index (χ3v) is 7.53. The molecular weight excluding hydrogens is 524 g/mol. The van der Waals surface area contributed by atoms with Gasteiger partial charge in [-0.3, -0.25) is 4.55 Å². The third kappa shape index (κ3) is 6.25. The number of esters is 1. The highest BCUT2D eigenvalue weighted by Crippen LogP contribution is 2.58. The molecule has 0 radical (unpaired) electrons. The van der Waals surface area contributed by atoms with Crippen LogP contribution in [0.5, 0.6) is 0 Å². The predicted octanol–water partition coefficient (Wildman–Crippen LogP) is 3.88. The smallest absolute Gasteiger partial charge is 0.426 e. The Kier molecular flexibility index (Phi) is 8.27. The van der Waals surface area contributed by atoms with E-state index in [0.29, 0.717) is 0 Å². The van der Waals surface area contributed by atoms with Gasteiger partial charge in [-0.25, -0.2) is 4.79 Å². The normalized spacial score (nSPS) is 26.6. The van der Waals surface area contributed by atoms with E-state index in [9.17, 15) is 53.4 Å². The van der Waals surface area contributed by atoms with Gasteiger partial charge in [0.05, 0.1) is 12.2 Å². The van der Waals surface area contributed by atoms with E-state index in [4.69, 9.17) is 9.29 Å². The standard InChI is InChI=1S/C19H24F8O7S/c1-9(7-33-8-17(20,21)35(30,31)32)15(28)34-10(2)14-5-11-3-12(14)4-13(11)6-16(29,18(22,23)24)19(25,26)27/h10-14,29H,1,3-8H2,2H3,(H,30,31,32). The lowest BCUT2D eigenvalue weighted by Gasteiger charge is -2.38. The van der Waals surface area contributed by atoms with Crippen LogP contribution < -0.4 is 0 Å². The van der Waals surface area contributed by atoms with Crippen molar-refractivity contribution in [1.82, 2.24) is 0 Å². The van der Waals surface area contributed by atoms with Crippen molar-refractivity contribution < 1.29 is 67.5 Å². The number of halogens is 8. The summed E-state index contributed by atoms with van der Waals surface area (Å²) in [5.41, 5.74) is -5.29. The van der Waals surface area contributed by atoms with Gasteiger partial charge in [-0.1, -0.05) is 6.58 Å². The molecule has 2 bridgehead atoms. The summed E-state index contributed by atoms with van der Waals surface area (Å²) in [4.78, 5) is 12.1. The highest BCUT2D eigenvalue weighted by atomic mass is 32.2. The zero-order valence-corrected chi connectivity index (χ0v) is 19.0. The van der Waals surface area contributed by atoms with Gasteiger partial charge in [-0.2, -0.15) is 43.5 Å². The van der Waals surface area contributed by atoms with Gasteiger partial charge in [0.25, 0.3) is 5.60 Å². The lowest BCUT2D eigenvalue weighted by Crippen LogP contribution is -2.58. The molecule has 16 heteroatoms. The van der Waals surface area contributed by atoms with Crippen molar-refractivity contribution in [3.8, 4) is 0 Å². The van der Waals surface area contributed by atoms with Crippen LogP contribution in [0.1, 0.15) is 32.6 Å². The Morgan fingerprint density at radius 1 is 1.03 bits per heavy atom. The fourth-order valence-electron chi connectivity index (χ4n) is 4.80. The summed E-state index contributed by atoms with van der Waals surface area (Å²) in [6.45, 7) is 2.09. The predicted molar refractivity (Wildman–Crippen MR) is 101 cm³/mol. The number of rotatable bonds is 10. The Morgan fingerprint density at radius 2 is 1.57 bits per heavy atom. The van der Waals surface area contributed by atoms with Gasteiger partial charge in [0.1, 0.15) is 12.7 Å². The van der Waals surface area contributed by atoms with Gasteiger partial charge >= 0.3 is 33.7 Å². The van der Waals surface area contributed by atoms with Crippen LogP contribution in [0.15, 0.2) is 12.2 Å². The van der Waals surface area contributed by atoms with Crippen LogP contribution in [0.2, 0.25) is 0 Å². The minimum absolute atomic E-state index is 0.0412. The molecular formula is C19H24F8O7S. The second-order valence-electron chi connectivity index (χ2n) is 9.03. The van der Waals surface area contributed by atoms with Gasteiger partial charge in [0.2, 0.25) is 0 Å². The molecule has 2 rings (SSSR count). The number of hydrogen-bond acceptors (Lipinski definition) is 6. The molecule has 204 valence electrons.